The van der Waals surface area contributed by atoms with E-state index < -0.39 is 0 Å². The summed E-state index contributed by atoms with van der Waals surface area (Å²) in [5, 5.41) is 0. The highest BCUT2D eigenvalue weighted by Crippen LogP contribution is 2.19. The molecule has 1 rings (SSSR count). The van der Waals surface area contributed by atoms with Crippen LogP contribution in [-0.4, -0.2) is 11.8 Å². The van der Waals surface area contributed by atoms with Crippen LogP contribution < -0.4 is 4.74 Å². The van der Waals surface area contributed by atoms with Gasteiger partial charge in [-0.1, -0.05) is 25.6 Å². The molecule has 0 aliphatic rings. The maximum absolute atomic E-state index is 11.4. The van der Waals surface area contributed by atoms with Gasteiger partial charge in [0, 0.05) is 6.42 Å². The number of hydrogen-bond acceptors (Lipinski definition) is 3. The van der Waals surface area contributed by atoms with Gasteiger partial charge in [0.05, 0.1) is 5.56 Å². The van der Waals surface area contributed by atoms with Crippen LogP contribution in [0.1, 0.15) is 23.7 Å². The molecule has 0 radical (unpaired) electrons. The van der Waals surface area contributed by atoms with Crippen molar-refractivity contribution in [3.05, 3.63) is 42.5 Å². The molecule has 0 aliphatic heterocycles. The Morgan fingerprint density at radius 3 is 2.67 bits per heavy atom. The molecule has 0 atom stereocenters. The second kappa shape index (κ2) is 5.10. The fourth-order valence-corrected chi connectivity index (χ4v) is 1.06. The lowest BCUT2D eigenvalue weighted by molar-refractivity contribution is -0.134. The Morgan fingerprint density at radius 1 is 1.40 bits per heavy atom. The first-order valence-electron chi connectivity index (χ1n) is 4.65. The smallest absolute Gasteiger partial charge is 0.310 e. The number of para-hydroxylation sites is 1. The zero-order chi connectivity index (χ0) is 11.3. The maximum Gasteiger partial charge on any atom is 0.310 e. The van der Waals surface area contributed by atoms with E-state index in [4.69, 9.17) is 4.74 Å². The quantitative estimate of drug-likeness (QED) is 0.327. The molecule has 1 aromatic carbocycles. The highest BCUT2D eigenvalue weighted by molar-refractivity contribution is 6.06. The monoisotopic (exact) mass is 204 g/mol. The number of ketones is 1. The molecule has 3 nitrogen and oxygen atoms in total. The summed E-state index contributed by atoms with van der Waals surface area (Å²) >= 11 is 0. The molecule has 0 spiro atoms. The highest BCUT2D eigenvalue weighted by Gasteiger charge is 2.11. The van der Waals surface area contributed by atoms with Crippen molar-refractivity contribution in [3.63, 3.8) is 0 Å². The van der Waals surface area contributed by atoms with E-state index in [0.717, 1.165) is 0 Å². The third-order valence-electron chi connectivity index (χ3n) is 1.85. The van der Waals surface area contributed by atoms with Crippen LogP contribution in [0.2, 0.25) is 0 Å². The standard InChI is InChI=1S/C12H12O3/c1-3-10(13)9-7-5-6-8-11(9)15-12(14)4-2/h3,5-8H,1,4H2,2H3. The van der Waals surface area contributed by atoms with Gasteiger partial charge in [0.25, 0.3) is 0 Å². The lowest BCUT2D eigenvalue weighted by Gasteiger charge is -2.06. The summed E-state index contributed by atoms with van der Waals surface area (Å²) in [5.41, 5.74) is 0.356. The molecule has 78 valence electrons. The van der Waals surface area contributed by atoms with E-state index in [9.17, 15) is 9.59 Å². The van der Waals surface area contributed by atoms with Crippen LogP contribution in [0.5, 0.6) is 5.75 Å². The van der Waals surface area contributed by atoms with Crippen LogP contribution in [0.25, 0.3) is 0 Å². The van der Waals surface area contributed by atoms with Crippen molar-refractivity contribution in [2.24, 2.45) is 0 Å². The van der Waals surface area contributed by atoms with E-state index in [1.807, 2.05) is 0 Å². The van der Waals surface area contributed by atoms with Crippen molar-refractivity contribution in [3.8, 4) is 5.75 Å². The normalized spacial score (nSPS) is 9.40. The van der Waals surface area contributed by atoms with Gasteiger partial charge < -0.3 is 4.74 Å². The van der Waals surface area contributed by atoms with Gasteiger partial charge in [-0.05, 0) is 18.2 Å². The van der Waals surface area contributed by atoms with Crippen molar-refractivity contribution in [1.29, 1.82) is 0 Å². The van der Waals surface area contributed by atoms with Crippen molar-refractivity contribution >= 4 is 11.8 Å². The maximum atomic E-state index is 11.4. The van der Waals surface area contributed by atoms with Gasteiger partial charge in [-0.15, -0.1) is 0 Å². The minimum Gasteiger partial charge on any atom is -0.426 e. The summed E-state index contributed by atoms with van der Waals surface area (Å²) in [7, 11) is 0. The van der Waals surface area contributed by atoms with Crippen LogP contribution in [-0.2, 0) is 4.79 Å². The van der Waals surface area contributed by atoms with Gasteiger partial charge in [-0.25, -0.2) is 0 Å². The number of ether oxygens (including phenoxy) is 1. The number of rotatable bonds is 4. The number of hydrogen-bond donors (Lipinski definition) is 0. The molecule has 0 saturated carbocycles. The van der Waals surface area contributed by atoms with Crippen molar-refractivity contribution in [1.82, 2.24) is 0 Å². The van der Waals surface area contributed by atoms with Crippen LogP contribution in [0, 0.1) is 0 Å². The molecule has 0 bridgehead atoms. The van der Waals surface area contributed by atoms with E-state index in [-0.39, 0.29) is 23.9 Å². The molecule has 0 heterocycles. The van der Waals surface area contributed by atoms with Crippen molar-refractivity contribution in [2.75, 3.05) is 0 Å². The predicted molar refractivity (Wildman–Crippen MR) is 56.9 cm³/mol. The molecular weight excluding hydrogens is 192 g/mol. The molecule has 0 aliphatic carbocycles. The lowest BCUT2D eigenvalue weighted by Crippen LogP contribution is -2.08. The molecule has 0 fully saturated rings. The third-order valence-corrected chi connectivity index (χ3v) is 1.85. The second-order valence-electron chi connectivity index (χ2n) is 2.89. The first kappa shape index (κ1) is 11.2. The third kappa shape index (κ3) is 2.77. The zero-order valence-corrected chi connectivity index (χ0v) is 8.53. The largest absolute Gasteiger partial charge is 0.426 e. The van der Waals surface area contributed by atoms with Gasteiger partial charge in [-0.3, -0.25) is 9.59 Å². The SMILES string of the molecule is C=CC(=O)c1ccccc1OC(=O)CC. The van der Waals surface area contributed by atoms with Crippen molar-refractivity contribution < 1.29 is 14.3 Å². The molecule has 0 N–H and O–H groups in total. The van der Waals surface area contributed by atoms with Crippen LogP contribution in [0.4, 0.5) is 0 Å². The van der Waals surface area contributed by atoms with E-state index in [1.165, 1.54) is 6.08 Å². The van der Waals surface area contributed by atoms with Crippen LogP contribution in [0.3, 0.4) is 0 Å². The van der Waals surface area contributed by atoms with Gasteiger partial charge in [0.2, 0.25) is 0 Å². The van der Waals surface area contributed by atoms with Gasteiger partial charge in [-0.2, -0.15) is 0 Å². The molecule has 1 aromatic rings. The Kier molecular flexibility index (Phi) is 3.80. The summed E-state index contributed by atoms with van der Waals surface area (Å²) in [6, 6.07) is 6.60. The second-order valence-corrected chi connectivity index (χ2v) is 2.89. The number of esters is 1. The molecular formula is C12H12O3. The summed E-state index contributed by atoms with van der Waals surface area (Å²) in [4.78, 5) is 22.5. The number of benzene rings is 1. The molecule has 3 heteroatoms. The first-order chi connectivity index (χ1) is 7.19. The van der Waals surface area contributed by atoms with Crippen molar-refractivity contribution in [2.45, 2.75) is 13.3 Å². The number of allylic oxidation sites excluding steroid dienone is 1. The van der Waals surface area contributed by atoms with Gasteiger partial charge >= 0.3 is 5.97 Å². The minimum atomic E-state index is -0.362. The Bertz CT molecular complexity index is 394. The molecule has 0 amide bonds. The fourth-order valence-electron chi connectivity index (χ4n) is 1.06. The van der Waals surface area contributed by atoms with Crippen LogP contribution in [0.15, 0.2) is 36.9 Å². The van der Waals surface area contributed by atoms with E-state index in [1.54, 1.807) is 31.2 Å². The summed E-state index contributed by atoms with van der Waals surface area (Å²) < 4.78 is 5.01. The van der Waals surface area contributed by atoms with Gasteiger partial charge in [0.15, 0.2) is 5.78 Å². The highest BCUT2D eigenvalue weighted by atomic mass is 16.5. The predicted octanol–water partition coefficient (Wildman–Crippen LogP) is 2.37. The fraction of sp³-hybridized carbons (Fsp3) is 0.167. The van der Waals surface area contributed by atoms with E-state index in [0.29, 0.717) is 5.56 Å². The molecule has 0 unspecified atom stereocenters. The Hall–Kier alpha value is -1.90. The topological polar surface area (TPSA) is 43.4 Å². The van der Waals surface area contributed by atoms with E-state index in [2.05, 4.69) is 6.58 Å². The van der Waals surface area contributed by atoms with E-state index >= 15 is 0 Å². The lowest BCUT2D eigenvalue weighted by atomic mass is 10.1. The number of carbonyl (C=O) groups is 2. The Labute approximate surface area is 88.4 Å². The average Bonchev–Trinajstić information content (AvgIpc) is 2.28. The molecule has 0 saturated heterocycles. The average molecular weight is 204 g/mol. The van der Waals surface area contributed by atoms with Gasteiger partial charge in [0.1, 0.15) is 5.75 Å². The molecule has 0 aromatic heterocycles. The first-order valence-corrected chi connectivity index (χ1v) is 4.65. The van der Waals surface area contributed by atoms with Crippen LogP contribution >= 0.6 is 0 Å². The summed E-state index contributed by atoms with van der Waals surface area (Å²) in [5.74, 6) is -0.330. The Balaban J connectivity index is 3.01. The summed E-state index contributed by atoms with van der Waals surface area (Å²) in [6.07, 6.45) is 1.47. The molecule has 15 heavy (non-hydrogen) atoms. The Morgan fingerprint density at radius 2 is 2.07 bits per heavy atom. The minimum absolute atomic E-state index is 0.255. The number of carbonyl (C=O) groups excluding carboxylic acids is 2. The summed E-state index contributed by atoms with van der Waals surface area (Å²) in [6.45, 7) is 5.08. The zero-order valence-electron chi connectivity index (χ0n) is 8.53.